The Balaban J connectivity index is 2.25. The maximum Gasteiger partial charge on any atom is 0.0406 e. The van der Waals surface area contributed by atoms with E-state index in [4.69, 9.17) is 11.6 Å². The normalized spacial score (nSPS) is 12.4. The fourth-order valence-corrected chi connectivity index (χ4v) is 2.50. The molecule has 100 valence electrons. The Hall–Kier alpha value is -1.31. The number of nitrogens with one attached hydrogen (secondary N) is 1. The Morgan fingerprint density at radius 1 is 1.05 bits per heavy atom. The molecule has 0 saturated heterocycles. The molecule has 2 heteroatoms. The lowest BCUT2D eigenvalue weighted by Crippen LogP contribution is -2.20. The van der Waals surface area contributed by atoms with Crippen LogP contribution < -0.4 is 5.32 Å². The van der Waals surface area contributed by atoms with Gasteiger partial charge in [-0.05, 0) is 61.7 Å². The van der Waals surface area contributed by atoms with Gasteiger partial charge in [-0.2, -0.15) is 0 Å². The fraction of sp³-hybridized carbons (Fsp3) is 0.294. The maximum absolute atomic E-state index is 5.93. The first kappa shape index (κ1) is 14.1. The van der Waals surface area contributed by atoms with E-state index in [-0.39, 0.29) is 0 Å². The van der Waals surface area contributed by atoms with Crippen molar-refractivity contribution in [1.82, 2.24) is 5.32 Å². The van der Waals surface area contributed by atoms with Crippen LogP contribution in [0.4, 0.5) is 0 Å². The molecule has 1 N–H and O–H groups in total. The molecular formula is C17H20ClN. The molecule has 0 aromatic heterocycles. The lowest BCUT2D eigenvalue weighted by atomic mass is 9.93. The summed E-state index contributed by atoms with van der Waals surface area (Å²) in [5.74, 6) is 0. The Labute approximate surface area is 120 Å². The minimum Gasteiger partial charge on any atom is -0.313 e. The highest BCUT2D eigenvalue weighted by molar-refractivity contribution is 6.30. The monoisotopic (exact) mass is 273 g/mol. The molecule has 0 amide bonds. The molecule has 19 heavy (non-hydrogen) atoms. The maximum atomic E-state index is 5.93. The number of benzene rings is 2. The van der Waals surface area contributed by atoms with Crippen LogP contribution in [-0.4, -0.2) is 7.05 Å². The van der Waals surface area contributed by atoms with Crippen LogP contribution in [0.3, 0.4) is 0 Å². The molecule has 0 bridgehead atoms. The highest BCUT2D eigenvalue weighted by atomic mass is 35.5. The van der Waals surface area contributed by atoms with Gasteiger partial charge in [-0.3, -0.25) is 0 Å². The van der Waals surface area contributed by atoms with E-state index >= 15 is 0 Å². The van der Waals surface area contributed by atoms with Crippen molar-refractivity contribution in [3.63, 3.8) is 0 Å². The van der Waals surface area contributed by atoms with Crippen molar-refractivity contribution in [2.75, 3.05) is 7.05 Å². The van der Waals surface area contributed by atoms with Gasteiger partial charge in [-0.25, -0.2) is 0 Å². The molecule has 2 aromatic carbocycles. The largest absolute Gasteiger partial charge is 0.313 e. The van der Waals surface area contributed by atoms with Crippen molar-refractivity contribution >= 4 is 11.6 Å². The summed E-state index contributed by atoms with van der Waals surface area (Å²) < 4.78 is 0. The van der Waals surface area contributed by atoms with Crippen LogP contribution in [0.25, 0.3) is 0 Å². The molecule has 0 aliphatic carbocycles. The molecule has 0 heterocycles. The number of likely N-dealkylation sites (N-methyl/N-ethyl adjacent to an activating group) is 1. The van der Waals surface area contributed by atoms with Gasteiger partial charge in [-0.1, -0.05) is 41.9 Å². The topological polar surface area (TPSA) is 12.0 Å². The molecule has 2 aromatic rings. The van der Waals surface area contributed by atoms with Gasteiger partial charge in [0.05, 0.1) is 0 Å². The standard InChI is InChI=1S/C17H20ClN/c1-12-5-4-6-16(13(12)2)17(19-3)11-14-7-9-15(18)10-8-14/h4-10,17,19H,11H2,1-3H3. The summed E-state index contributed by atoms with van der Waals surface area (Å²) in [4.78, 5) is 0. The van der Waals surface area contributed by atoms with Crippen LogP contribution >= 0.6 is 11.6 Å². The predicted molar refractivity (Wildman–Crippen MR) is 82.9 cm³/mol. The Morgan fingerprint density at radius 3 is 2.37 bits per heavy atom. The molecular weight excluding hydrogens is 254 g/mol. The lowest BCUT2D eigenvalue weighted by Gasteiger charge is -2.20. The number of halogens is 1. The molecule has 0 spiro atoms. The molecule has 1 atom stereocenters. The third-order valence-corrected chi connectivity index (χ3v) is 3.98. The zero-order valence-corrected chi connectivity index (χ0v) is 12.5. The third-order valence-electron chi connectivity index (χ3n) is 3.72. The van der Waals surface area contributed by atoms with Crippen LogP contribution in [0.1, 0.15) is 28.3 Å². The minimum absolute atomic E-state index is 0.334. The first-order chi connectivity index (χ1) is 9.11. The van der Waals surface area contributed by atoms with Crippen molar-refractivity contribution in [2.24, 2.45) is 0 Å². The number of rotatable bonds is 4. The number of hydrogen-bond acceptors (Lipinski definition) is 1. The quantitative estimate of drug-likeness (QED) is 0.867. The van der Waals surface area contributed by atoms with Crippen molar-refractivity contribution in [1.29, 1.82) is 0 Å². The molecule has 0 saturated carbocycles. The van der Waals surface area contributed by atoms with Crippen molar-refractivity contribution in [3.05, 3.63) is 69.7 Å². The summed E-state index contributed by atoms with van der Waals surface area (Å²) >= 11 is 5.93. The van der Waals surface area contributed by atoms with E-state index in [0.717, 1.165) is 11.4 Å². The zero-order chi connectivity index (χ0) is 13.8. The van der Waals surface area contributed by atoms with E-state index in [0.29, 0.717) is 6.04 Å². The van der Waals surface area contributed by atoms with Crippen LogP contribution in [-0.2, 0) is 6.42 Å². The Kier molecular flexibility index (Phi) is 4.62. The van der Waals surface area contributed by atoms with Gasteiger partial charge in [-0.15, -0.1) is 0 Å². The molecule has 2 rings (SSSR count). The molecule has 0 fully saturated rings. The Bertz CT molecular complexity index is 546. The first-order valence-electron chi connectivity index (χ1n) is 6.59. The highest BCUT2D eigenvalue weighted by Crippen LogP contribution is 2.24. The predicted octanol–water partition coefficient (Wildman–Crippen LogP) is 4.46. The highest BCUT2D eigenvalue weighted by Gasteiger charge is 2.13. The van der Waals surface area contributed by atoms with Crippen molar-refractivity contribution < 1.29 is 0 Å². The van der Waals surface area contributed by atoms with Gasteiger partial charge in [0.15, 0.2) is 0 Å². The number of aryl methyl sites for hydroxylation is 1. The van der Waals surface area contributed by atoms with E-state index in [1.165, 1.54) is 22.3 Å². The zero-order valence-electron chi connectivity index (χ0n) is 11.7. The van der Waals surface area contributed by atoms with E-state index < -0.39 is 0 Å². The summed E-state index contributed by atoms with van der Waals surface area (Å²) in [7, 11) is 2.02. The minimum atomic E-state index is 0.334. The summed E-state index contributed by atoms with van der Waals surface area (Å²) in [5.41, 5.74) is 5.38. The van der Waals surface area contributed by atoms with Crippen LogP contribution in [0.5, 0.6) is 0 Å². The average molecular weight is 274 g/mol. The second-order valence-corrected chi connectivity index (χ2v) is 5.40. The Morgan fingerprint density at radius 2 is 1.74 bits per heavy atom. The van der Waals surface area contributed by atoms with Gasteiger partial charge in [0.25, 0.3) is 0 Å². The number of hydrogen-bond donors (Lipinski definition) is 1. The van der Waals surface area contributed by atoms with E-state index in [2.05, 4.69) is 49.5 Å². The summed E-state index contributed by atoms with van der Waals surface area (Å²) in [6.07, 6.45) is 0.970. The van der Waals surface area contributed by atoms with Gasteiger partial charge in [0.1, 0.15) is 0 Å². The summed E-state index contributed by atoms with van der Waals surface area (Å²) in [6.45, 7) is 4.35. The summed E-state index contributed by atoms with van der Waals surface area (Å²) in [6, 6.07) is 14.9. The van der Waals surface area contributed by atoms with E-state index in [1.54, 1.807) is 0 Å². The molecule has 0 aliphatic heterocycles. The lowest BCUT2D eigenvalue weighted by molar-refractivity contribution is 0.588. The van der Waals surface area contributed by atoms with Crippen LogP contribution in [0.2, 0.25) is 5.02 Å². The van der Waals surface area contributed by atoms with Crippen LogP contribution in [0, 0.1) is 13.8 Å². The molecule has 1 nitrogen and oxygen atoms in total. The van der Waals surface area contributed by atoms with Gasteiger partial charge in [0, 0.05) is 11.1 Å². The smallest absolute Gasteiger partial charge is 0.0406 e. The van der Waals surface area contributed by atoms with Gasteiger partial charge >= 0.3 is 0 Å². The molecule has 1 unspecified atom stereocenters. The average Bonchev–Trinajstić information content (AvgIpc) is 2.42. The third kappa shape index (κ3) is 3.37. The first-order valence-corrected chi connectivity index (χ1v) is 6.97. The van der Waals surface area contributed by atoms with Gasteiger partial charge < -0.3 is 5.32 Å². The second-order valence-electron chi connectivity index (χ2n) is 4.96. The van der Waals surface area contributed by atoms with E-state index in [9.17, 15) is 0 Å². The second kappa shape index (κ2) is 6.23. The molecule has 0 radical (unpaired) electrons. The van der Waals surface area contributed by atoms with Crippen LogP contribution in [0.15, 0.2) is 42.5 Å². The fourth-order valence-electron chi connectivity index (χ4n) is 2.38. The molecule has 0 aliphatic rings. The van der Waals surface area contributed by atoms with Crippen molar-refractivity contribution in [2.45, 2.75) is 26.3 Å². The summed E-state index contributed by atoms with van der Waals surface area (Å²) in [5, 5.41) is 4.20. The van der Waals surface area contributed by atoms with E-state index in [1.807, 2.05) is 19.2 Å². The SMILES string of the molecule is CNC(Cc1ccc(Cl)cc1)c1cccc(C)c1C. The van der Waals surface area contributed by atoms with Crippen molar-refractivity contribution in [3.8, 4) is 0 Å². The van der Waals surface area contributed by atoms with Gasteiger partial charge in [0.2, 0.25) is 0 Å².